The molecule has 1 aliphatic heterocycles. The first kappa shape index (κ1) is 19.4. The van der Waals surface area contributed by atoms with Crippen LogP contribution >= 0.6 is 0 Å². The highest BCUT2D eigenvalue weighted by Crippen LogP contribution is 2.31. The number of fused-ring (bicyclic) bond motifs is 1. The molecule has 0 aliphatic carbocycles. The molecule has 0 spiro atoms. The third-order valence-corrected chi connectivity index (χ3v) is 5.43. The summed E-state index contributed by atoms with van der Waals surface area (Å²) in [6, 6.07) is 1.97. The fourth-order valence-electron chi connectivity index (χ4n) is 3.74. The number of aryl methyl sites for hydroxylation is 1. The van der Waals surface area contributed by atoms with E-state index in [-0.39, 0.29) is 23.5 Å². The SMILES string of the molecule is CC[C@@H](Oc1nc(-c2cnn(C(C)(C)C)c2)cc2ncn(C)c12)[C@H]1CNC(=O)C1. The second kappa shape index (κ2) is 7.17. The van der Waals surface area contributed by atoms with E-state index < -0.39 is 0 Å². The standard InChI is InChI=1S/C21H28N6O2/c1-6-17(13-7-18(28)22-9-13)29-20-19-16(23-12-26(19)5)8-15(25-20)14-10-24-27(11-14)21(2,3)4/h8,10-13,17H,6-7,9H2,1-5H3,(H,22,28)/t13-,17-/m1/s1. The van der Waals surface area contributed by atoms with Gasteiger partial charge in [-0.3, -0.25) is 9.48 Å². The summed E-state index contributed by atoms with van der Waals surface area (Å²) in [4.78, 5) is 21.0. The van der Waals surface area contributed by atoms with E-state index >= 15 is 0 Å². The Kier molecular flexibility index (Phi) is 4.80. The molecule has 0 radical (unpaired) electrons. The van der Waals surface area contributed by atoms with E-state index in [9.17, 15) is 4.79 Å². The molecule has 3 aromatic rings. The van der Waals surface area contributed by atoms with Crippen LogP contribution in [-0.2, 0) is 17.4 Å². The zero-order chi connectivity index (χ0) is 20.8. The lowest BCUT2D eigenvalue weighted by Crippen LogP contribution is -2.28. The number of nitrogens with one attached hydrogen (secondary N) is 1. The van der Waals surface area contributed by atoms with Crippen molar-refractivity contribution in [3.8, 4) is 17.1 Å². The Balaban J connectivity index is 1.73. The van der Waals surface area contributed by atoms with E-state index in [0.717, 1.165) is 28.7 Å². The molecule has 1 N–H and O–H groups in total. The van der Waals surface area contributed by atoms with Gasteiger partial charge in [0.15, 0.2) is 0 Å². The molecule has 1 saturated heterocycles. The Hall–Kier alpha value is -2.90. The molecule has 1 amide bonds. The number of ether oxygens (including phenoxy) is 1. The second-order valence-corrected chi connectivity index (χ2v) is 8.71. The van der Waals surface area contributed by atoms with Gasteiger partial charge in [0.1, 0.15) is 11.6 Å². The molecular formula is C21H28N6O2. The van der Waals surface area contributed by atoms with Gasteiger partial charge in [-0.25, -0.2) is 9.97 Å². The smallest absolute Gasteiger partial charge is 0.241 e. The maximum absolute atomic E-state index is 11.7. The van der Waals surface area contributed by atoms with E-state index in [4.69, 9.17) is 9.72 Å². The quantitative estimate of drug-likeness (QED) is 0.717. The van der Waals surface area contributed by atoms with Gasteiger partial charge in [-0.05, 0) is 33.3 Å². The number of hydrogen-bond donors (Lipinski definition) is 1. The molecule has 0 bridgehead atoms. The van der Waals surface area contributed by atoms with Gasteiger partial charge in [0, 0.05) is 37.7 Å². The third kappa shape index (κ3) is 3.71. The summed E-state index contributed by atoms with van der Waals surface area (Å²) >= 11 is 0. The van der Waals surface area contributed by atoms with E-state index in [2.05, 4.69) is 43.1 Å². The molecule has 4 rings (SSSR count). The molecule has 8 heteroatoms. The van der Waals surface area contributed by atoms with Crippen LogP contribution < -0.4 is 10.1 Å². The summed E-state index contributed by atoms with van der Waals surface area (Å²) in [7, 11) is 1.93. The lowest BCUT2D eigenvalue weighted by Gasteiger charge is -2.22. The van der Waals surface area contributed by atoms with Gasteiger partial charge in [0.25, 0.3) is 0 Å². The molecular weight excluding hydrogens is 368 g/mol. The number of nitrogens with zero attached hydrogens (tertiary/aromatic N) is 5. The summed E-state index contributed by atoms with van der Waals surface area (Å²) < 4.78 is 10.2. The van der Waals surface area contributed by atoms with Crippen LogP contribution in [0.3, 0.4) is 0 Å². The molecule has 3 aromatic heterocycles. The Morgan fingerprint density at radius 3 is 2.79 bits per heavy atom. The summed E-state index contributed by atoms with van der Waals surface area (Å²) in [5.74, 6) is 0.774. The first-order valence-corrected chi connectivity index (χ1v) is 10.1. The van der Waals surface area contributed by atoms with Crippen molar-refractivity contribution in [3.63, 3.8) is 0 Å². The van der Waals surface area contributed by atoms with E-state index in [1.165, 1.54) is 0 Å². The number of carbonyl (C=O) groups is 1. The lowest BCUT2D eigenvalue weighted by molar-refractivity contribution is -0.119. The fourth-order valence-corrected chi connectivity index (χ4v) is 3.74. The van der Waals surface area contributed by atoms with Crippen molar-refractivity contribution < 1.29 is 9.53 Å². The van der Waals surface area contributed by atoms with E-state index in [0.29, 0.717) is 18.8 Å². The van der Waals surface area contributed by atoms with Crippen LogP contribution in [0.1, 0.15) is 40.5 Å². The van der Waals surface area contributed by atoms with Crippen LogP contribution in [-0.4, -0.2) is 42.9 Å². The van der Waals surface area contributed by atoms with Gasteiger partial charge in [-0.2, -0.15) is 5.10 Å². The van der Waals surface area contributed by atoms with Crippen LogP contribution in [0.5, 0.6) is 5.88 Å². The minimum absolute atomic E-state index is 0.0824. The summed E-state index contributed by atoms with van der Waals surface area (Å²) in [5, 5.41) is 7.39. The molecule has 8 nitrogen and oxygen atoms in total. The van der Waals surface area contributed by atoms with Crippen molar-refractivity contribution in [2.75, 3.05) is 6.54 Å². The Morgan fingerprint density at radius 1 is 1.38 bits per heavy atom. The molecule has 1 aliphatic rings. The Bertz CT molecular complexity index is 1050. The molecule has 2 atom stereocenters. The topological polar surface area (TPSA) is 86.9 Å². The molecule has 0 saturated carbocycles. The largest absolute Gasteiger partial charge is 0.472 e. The van der Waals surface area contributed by atoms with Crippen molar-refractivity contribution in [1.82, 2.24) is 29.6 Å². The van der Waals surface area contributed by atoms with Crippen molar-refractivity contribution in [2.45, 2.75) is 52.2 Å². The van der Waals surface area contributed by atoms with Gasteiger partial charge in [-0.15, -0.1) is 0 Å². The summed E-state index contributed by atoms with van der Waals surface area (Å²) in [6.45, 7) is 9.04. The Labute approximate surface area is 170 Å². The molecule has 4 heterocycles. The molecule has 29 heavy (non-hydrogen) atoms. The number of amides is 1. The summed E-state index contributed by atoms with van der Waals surface area (Å²) in [6.07, 6.45) is 6.79. The average Bonchev–Trinajstić information content (AvgIpc) is 3.39. The maximum atomic E-state index is 11.7. The highest BCUT2D eigenvalue weighted by Gasteiger charge is 2.31. The zero-order valence-corrected chi connectivity index (χ0v) is 17.6. The van der Waals surface area contributed by atoms with E-state index in [1.807, 2.05) is 34.8 Å². The number of rotatable bonds is 5. The number of imidazole rings is 1. The Morgan fingerprint density at radius 2 is 2.17 bits per heavy atom. The number of carbonyl (C=O) groups excluding carboxylic acids is 1. The van der Waals surface area contributed by atoms with Gasteiger partial charge in [-0.1, -0.05) is 6.92 Å². The minimum Gasteiger partial charge on any atom is -0.472 e. The average molecular weight is 396 g/mol. The summed E-state index contributed by atoms with van der Waals surface area (Å²) in [5.41, 5.74) is 3.27. The molecule has 0 aromatic carbocycles. The van der Waals surface area contributed by atoms with Crippen LogP contribution in [0.4, 0.5) is 0 Å². The van der Waals surface area contributed by atoms with Crippen molar-refractivity contribution in [2.24, 2.45) is 13.0 Å². The van der Waals surface area contributed by atoms with Crippen molar-refractivity contribution >= 4 is 16.9 Å². The lowest BCUT2D eigenvalue weighted by atomic mass is 9.99. The fraction of sp³-hybridized carbons (Fsp3) is 0.524. The van der Waals surface area contributed by atoms with Crippen LogP contribution in [0, 0.1) is 5.92 Å². The van der Waals surface area contributed by atoms with Gasteiger partial charge in [0.2, 0.25) is 11.8 Å². The predicted octanol–water partition coefficient (Wildman–Crippen LogP) is 2.88. The van der Waals surface area contributed by atoms with Crippen LogP contribution in [0.25, 0.3) is 22.3 Å². The predicted molar refractivity (Wildman–Crippen MR) is 111 cm³/mol. The van der Waals surface area contributed by atoms with Crippen LogP contribution in [0.15, 0.2) is 24.8 Å². The number of hydrogen-bond acceptors (Lipinski definition) is 5. The molecule has 1 fully saturated rings. The van der Waals surface area contributed by atoms with Crippen molar-refractivity contribution in [1.29, 1.82) is 0 Å². The van der Waals surface area contributed by atoms with Gasteiger partial charge in [0.05, 0.1) is 29.3 Å². The zero-order valence-electron chi connectivity index (χ0n) is 17.6. The number of aromatic nitrogens is 5. The van der Waals surface area contributed by atoms with Gasteiger partial charge >= 0.3 is 0 Å². The first-order valence-electron chi connectivity index (χ1n) is 10.1. The second-order valence-electron chi connectivity index (χ2n) is 8.71. The molecule has 154 valence electrons. The molecule has 0 unspecified atom stereocenters. The number of pyridine rings is 1. The van der Waals surface area contributed by atoms with Crippen molar-refractivity contribution in [3.05, 3.63) is 24.8 Å². The third-order valence-electron chi connectivity index (χ3n) is 5.43. The van der Waals surface area contributed by atoms with Gasteiger partial charge < -0.3 is 14.6 Å². The highest BCUT2D eigenvalue weighted by atomic mass is 16.5. The van der Waals surface area contributed by atoms with E-state index in [1.54, 1.807) is 6.33 Å². The normalized spacial score (nSPS) is 18.2. The monoisotopic (exact) mass is 396 g/mol. The minimum atomic E-state index is -0.109. The first-order chi connectivity index (χ1) is 13.8. The maximum Gasteiger partial charge on any atom is 0.241 e. The highest BCUT2D eigenvalue weighted by molar-refractivity contribution is 5.84. The van der Waals surface area contributed by atoms with Crippen LogP contribution in [0.2, 0.25) is 0 Å².